The van der Waals surface area contributed by atoms with Crippen LogP contribution in [0.25, 0.3) is 0 Å². The number of benzene rings is 1. The number of nitrogens with zero attached hydrogens (tertiary/aromatic N) is 1. The van der Waals surface area contributed by atoms with Gasteiger partial charge in [0.15, 0.2) is 0 Å². The molecule has 0 aromatic heterocycles. The van der Waals surface area contributed by atoms with Gasteiger partial charge in [0, 0.05) is 26.7 Å². The summed E-state index contributed by atoms with van der Waals surface area (Å²) < 4.78 is 15.6. The molecular formula is C20H31NO8. The van der Waals surface area contributed by atoms with Gasteiger partial charge in [-0.25, -0.2) is 0 Å². The van der Waals surface area contributed by atoms with Crippen LogP contribution in [0.3, 0.4) is 0 Å². The summed E-state index contributed by atoms with van der Waals surface area (Å²) in [6, 6.07) is 7.34. The molecule has 0 bridgehead atoms. The van der Waals surface area contributed by atoms with E-state index in [9.17, 15) is 15.0 Å². The summed E-state index contributed by atoms with van der Waals surface area (Å²) in [5.74, 6) is -0.297. The summed E-state index contributed by atoms with van der Waals surface area (Å²) in [4.78, 5) is 22.6. The minimum absolute atomic E-state index is 0.250. The summed E-state index contributed by atoms with van der Waals surface area (Å²) in [6.07, 6.45) is -0.215. The van der Waals surface area contributed by atoms with Crippen LogP contribution in [-0.4, -0.2) is 92.4 Å². The van der Waals surface area contributed by atoms with E-state index in [1.807, 2.05) is 29.2 Å². The Morgan fingerprint density at radius 2 is 2.03 bits per heavy atom. The summed E-state index contributed by atoms with van der Waals surface area (Å²) in [6.45, 7) is 2.88. The van der Waals surface area contributed by atoms with E-state index in [1.54, 1.807) is 14.2 Å². The standard InChI is InChI=1S/C19H29NO6.CH2O2/c1-24-10-11-26-9-8-20-7-6-17(21)19(14-20,18(22)23)13-15-4-3-5-16(12-15)25-2;2-1-3/h3-5,12,17,21H,6-11,13-14H2,1-2H3,(H,22,23);1H,(H,2,3)/t17-,19-;/m1./s1. The first-order valence-electron chi connectivity index (χ1n) is 9.34. The maximum atomic E-state index is 12.1. The Kier molecular flexibility index (Phi) is 11.2. The Morgan fingerprint density at radius 1 is 1.31 bits per heavy atom. The Hall–Kier alpha value is -2.20. The molecule has 1 aliphatic rings. The first-order chi connectivity index (χ1) is 13.9. The fraction of sp³-hybridized carbons (Fsp3) is 0.600. The third kappa shape index (κ3) is 7.62. The maximum Gasteiger partial charge on any atom is 0.313 e. The zero-order chi connectivity index (χ0) is 21.7. The van der Waals surface area contributed by atoms with Gasteiger partial charge in [0.05, 0.1) is 33.0 Å². The second-order valence-corrected chi connectivity index (χ2v) is 6.78. The number of rotatable bonds is 10. The van der Waals surface area contributed by atoms with Gasteiger partial charge in [-0.15, -0.1) is 0 Å². The molecule has 2 rings (SSSR count). The number of piperidine rings is 1. The predicted molar refractivity (Wildman–Crippen MR) is 105 cm³/mol. The van der Waals surface area contributed by atoms with Gasteiger partial charge in [0.1, 0.15) is 11.2 Å². The van der Waals surface area contributed by atoms with Crippen molar-refractivity contribution in [3.8, 4) is 5.75 Å². The van der Waals surface area contributed by atoms with Crippen LogP contribution in [0.5, 0.6) is 5.75 Å². The number of carboxylic acids is 1. The fourth-order valence-corrected chi connectivity index (χ4v) is 3.40. The lowest BCUT2D eigenvalue weighted by molar-refractivity contribution is -0.163. The minimum Gasteiger partial charge on any atom is -0.497 e. The normalized spacial score (nSPS) is 21.7. The van der Waals surface area contributed by atoms with Crippen LogP contribution in [0.15, 0.2) is 24.3 Å². The molecule has 1 heterocycles. The molecule has 164 valence electrons. The highest BCUT2D eigenvalue weighted by molar-refractivity contribution is 5.76. The van der Waals surface area contributed by atoms with E-state index >= 15 is 0 Å². The molecule has 1 aromatic carbocycles. The molecule has 1 aromatic rings. The second kappa shape index (κ2) is 13.1. The van der Waals surface area contributed by atoms with Crippen LogP contribution in [0, 0.1) is 5.41 Å². The molecule has 0 saturated carbocycles. The lowest BCUT2D eigenvalue weighted by atomic mass is 9.73. The summed E-state index contributed by atoms with van der Waals surface area (Å²) >= 11 is 0. The highest BCUT2D eigenvalue weighted by Gasteiger charge is 2.49. The number of methoxy groups -OCH3 is 2. The van der Waals surface area contributed by atoms with Crippen molar-refractivity contribution >= 4 is 12.4 Å². The van der Waals surface area contributed by atoms with Crippen LogP contribution in [-0.2, 0) is 25.5 Å². The first kappa shape index (κ1) is 24.8. The van der Waals surface area contributed by atoms with Crippen LogP contribution < -0.4 is 4.74 Å². The quantitative estimate of drug-likeness (QED) is 0.376. The van der Waals surface area contributed by atoms with Crippen LogP contribution >= 0.6 is 0 Å². The van der Waals surface area contributed by atoms with Gasteiger partial charge in [-0.3, -0.25) is 14.5 Å². The number of aliphatic hydroxyl groups excluding tert-OH is 1. The van der Waals surface area contributed by atoms with Crippen molar-refractivity contribution in [3.05, 3.63) is 29.8 Å². The number of hydrogen-bond donors (Lipinski definition) is 3. The third-order valence-corrected chi connectivity index (χ3v) is 4.93. The molecule has 1 saturated heterocycles. The lowest BCUT2D eigenvalue weighted by Gasteiger charge is -2.43. The lowest BCUT2D eigenvalue weighted by Crippen LogP contribution is -2.57. The Morgan fingerprint density at radius 3 is 2.66 bits per heavy atom. The number of carboxylic acid groups (broad SMARTS) is 2. The molecule has 1 aliphatic heterocycles. The van der Waals surface area contributed by atoms with Gasteiger partial charge in [0.25, 0.3) is 6.47 Å². The van der Waals surface area contributed by atoms with Gasteiger partial charge < -0.3 is 29.5 Å². The molecule has 0 aliphatic carbocycles. The highest BCUT2D eigenvalue weighted by Crippen LogP contribution is 2.35. The molecule has 9 heteroatoms. The van der Waals surface area contributed by atoms with E-state index in [-0.39, 0.29) is 19.4 Å². The zero-order valence-corrected chi connectivity index (χ0v) is 17.0. The SMILES string of the molecule is COCCOCCN1CC[C@@H](O)[C@](Cc2cccc(OC)c2)(C(=O)O)C1.O=CO. The second-order valence-electron chi connectivity index (χ2n) is 6.78. The monoisotopic (exact) mass is 413 g/mol. The minimum atomic E-state index is -1.24. The Balaban J connectivity index is 0.00000132. The van der Waals surface area contributed by atoms with Gasteiger partial charge in [-0.1, -0.05) is 12.1 Å². The van der Waals surface area contributed by atoms with Crippen molar-refractivity contribution < 1.29 is 39.1 Å². The average molecular weight is 413 g/mol. The zero-order valence-electron chi connectivity index (χ0n) is 17.0. The van der Waals surface area contributed by atoms with E-state index in [0.29, 0.717) is 45.1 Å². The van der Waals surface area contributed by atoms with Gasteiger partial charge in [-0.05, 0) is 30.5 Å². The summed E-state index contributed by atoms with van der Waals surface area (Å²) in [5.41, 5.74) is -0.402. The van der Waals surface area contributed by atoms with Gasteiger partial charge >= 0.3 is 5.97 Å². The predicted octanol–water partition coefficient (Wildman–Crippen LogP) is 0.739. The van der Waals surface area contributed by atoms with Crippen molar-refractivity contribution in [3.63, 3.8) is 0 Å². The van der Waals surface area contributed by atoms with Crippen molar-refractivity contribution in [2.75, 3.05) is 53.7 Å². The van der Waals surface area contributed by atoms with Crippen molar-refractivity contribution in [1.29, 1.82) is 0 Å². The molecule has 0 unspecified atom stereocenters. The third-order valence-electron chi connectivity index (χ3n) is 4.93. The molecular weight excluding hydrogens is 382 g/mol. The Labute approximate surface area is 170 Å². The average Bonchev–Trinajstić information content (AvgIpc) is 2.70. The van der Waals surface area contributed by atoms with E-state index in [4.69, 9.17) is 24.1 Å². The first-order valence-corrected chi connectivity index (χ1v) is 9.34. The van der Waals surface area contributed by atoms with Crippen molar-refractivity contribution in [2.24, 2.45) is 5.41 Å². The van der Waals surface area contributed by atoms with E-state index in [2.05, 4.69) is 0 Å². The molecule has 2 atom stereocenters. The molecule has 9 nitrogen and oxygen atoms in total. The fourth-order valence-electron chi connectivity index (χ4n) is 3.40. The summed E-state index contributed by atoms with van der Waals surface area (Å²) in [5, 5.41) is 27.4. The number of carbonyl (C=O) groups is 2. The van der Waals surface area contributed by atoms with Crippen LogP contribution in [0.2, 0.25) is 0 Å². The van der Waals surface area contributed by atoms with Gasteiger partial charge in [0.2, 0.25) is 0 Å². The van der Waals surface area contributed by atoms with Crippen LogP contribution in [0.4, 0.5) is 0 Å². The number of hydrogen-bond acceptors (Lipinski definition) is 7. The molecule has 0 radical (unpaired) electrons. The van der Waals surface area contributed by atoms with Crippen LogP contribution in [0.1, 0.15) is 12.0 Å². The highest BCUT2D eigenvalue weighted by atomic mass is 16.5. The smallest absolute Gasteiger partial charge is 0.313 e. The van der Waals surface area contributed by atoms with Crippen molar-refractivity contribution in [1.82, 2.24) is 4.90 Å². The molecule has 0 amide bonds. The van der Waals surface area contributed by atoms with Gasteiger partial charge in [-0.2, -0.15) is 0 Å². The largest absolute Gasteiger partial charge is 0.497 e. The number of ether oxygens (including phenoxy) is 3. The molecule has 3 N–H and O–H groups in total. The number of likely N-dealkylation sites (tertiary alicyclic amines) is 1. The topological polar surface area (TPSA) is 126 Å². The molecule has 1 fully saturated rings. The Bertz CT molecular complexity index is 626. The maximum absolute atomic E-state index is 12.1. The van der Waals surface area contributed by atoms with E-state index in [0.717, 1.165) is 5.56 Å². The van der Waals surface area contributed by atoms with E-state index in [1.165, 1.54) is 0 Å². The summed E-state index contributed by atoms with van der Waals surface area (Å²) in [7, 11) is 3.20. The number of aliphatic hydroxyl groups is 1. The van der Waals surface area contributed by atoms with Crippen molar-refractivity contribution in [2.45, 2.75) is 18.9 Å². The van der Waals surface area contributed by atoms with E-state index < -0.39 is 17.5 Å². The molecule has 0 spiro atoms. The number of aliphatic carboxylic acids is 1. The molecule has 29 heavy (non-hydrogen) atoms.